The molecule has 0 unspecified atom stereocenters. The molecule has 1 heterocycles. The van der Waals surface area contributed by atoms with E-state index in [0.717, 1.165) is 38.8 Å². The molecule has 0 radical (unpaired) electrons. The summed E-state index contributed by atoms with van der Waals surface area (Å²) in [5.74, 6) is 0.309. The number of amides is 1. The van der Waals surface area contributed by atoms with Crippen LogP contribution >= 0.6 is 0 Å². The van der Waals surface area contributed by atoms with E-state index < -0.39 is 17.8 Å². The monoisotopic (exact) mass is 407 g/mol. The molecule has 2 aromatic carbocycles. The normalized spacial score (nSPS) is 15.9. The Morgan fingerprint density at radius 3 is 2.31 bits per heavy atom. The fraction of sp³-hybridized carbons (Fsp3) is 0.381. The predicted octanol–water partition coefficient (Wildman–Crippen LogP) is 4.45. The number of piperazine rings is 1. The lowest BCUT2D eigenvalue weighted by Gasteiger charge is -2.34. The summed E-state index contributed by atoms with van der Waals surface area (Å²) in [6, 6.07) is 12.2. The van der Waals surface area contributed by atoms with Gasteiger partial charge in [-0.3, -0.25) is 10.2 Å². The van der Waals surface area contributed by atoms with Crippen molar-refractivity contribution in [3.05, 3.63) is 59.7 Å². The van der Waals surface area contributed by atoms with Crippen molar-refractivity contribution in [3.63, 3.8) is 0 Å². The maximum absolute atomic E-state index is 13.6. The second kappa shape index (κ2) is 9.28. The van der Waals surface area contributed by atoms with Crippen molar-refractivity contribution >= 4 is 11.8 Å². The van der Waals surface area contributed by atoms with E-state index in [2.05, 4.69) is 17.1 Å². The van der Waals surface area contributed by atoms with E-state index in [0.29, 0.717) is 5.75 Å². The van der Waals surface area contributed by atoms with E-state index in [1.165, 1.54) is 12.1 Å². The molecule has 8 heteroatoms. The van der Waals surface area contributed by atoms with Crippen molar-refractivity contribution in [2.24, 2.45) is 0 Å². The van der Waals surface area contributed by atoms with Crippen LogP contribution < -0.4 is 10.1 Å². The van der Waals surface area contributed by atoms with Crippen LogP contribution in [0.4, 0.5) is 23.7 Å². The Labute approximate surface area is 168 Å². The van der Waals surface area contributed by atoms with Gasteiger partial charge >= 0.3 is 12.3 Å². The number of anilines is 1. The predicted molar refractivity (Wildman–Crippen MR) is 105 cm³/mol. The minimum Gasteiger partial charge on any atom is -0.410 e. The molecule has 0 aromatic heterocycles. The van der Waals surface area contributed by atoms with Crippen molar-refractivity contribution in [2.45, 2.75) is 19.6 Å². The topological polar surface area (TPSA) is 44.8 Å². The number of likely N-dealkylation sites (N-methyl/N-ethyl adjacent to an activating group) is 1. The zero-order valence-corrected chi connectivity index (χ0v) is 16.2. The van der Waals surface area contributed by atoms with Crippen LogP contribution in [0.1, 0.15) is 18.1 Å². The molecule has 0 atom stereocenters. The van der Waals surface area contributed by atoms with E-state index in [9.17, 15) is 18.0 Å². The first kappa shape index (κ1) is 21.1. The highest BCUT2D eigenvalue weighted by molar-refractivity contribution is 5.86. The highest BCUT2D eigenvalue weighted by atomic mass is 19.4. The summed E-state index contributed by atoms with van der Waals surface area (Å²) in [7, 11) is 0. The molecule has 1 N–H and O–H groups in total. The Morgan fingerprint density at radius 2 is 1.69 bits per heavy atom. The first-order chi connectivity index (χ1) is 13.8. The van der Waals surface area contributed by atoms with Crippen molar-refractivity contribution in [2.75, 3.05) is 38.0 Å². The Morgan fingerprint density at radius 1 is 1.03 bits per heavy atom. The van der Waals surface area contributed by atoms with E-state index in [1.807, 2.05) is 4.90 Å². The molecule has 0 spiro atoms. The van der Waals surface area contributed by atoms with Crippen LogP contribution in [0.2, 0.25) is 0 Å². The van der Waals surface area contributed by atoms with Crippen LogP contribution in [0.5, 0.6) is 5.75 Å². The largest absolute Gasteiger partial charge is 0.417 e. The quantitative estimate of drug-likeness (QED) is 0.795. The van der Waals surface area contributed by atoms with Gasteiger partial charge < -0.3 is 9.64 Å². The van der Waals surface area contributed by atoms with Gasteiger partial charge in [0.2, 0.25) is 0 Å². The molecular formula is C21H24F3N3O2. The summed E-state index contributed by atoms with van der Waals surface area (Å²) in [6.45, 7) is 6.41. The van der Waals surface area contributed by atoms with E-state index >= 15 is 0 Å². The molecular weight excluding hydrogens is 383 g/mol. The van der Waals surface area contributed by atoms with Crippen LogP contribution in [0, 0.1) is 0 Å². The lowest BCUT2D eigenvalue weighted by Crippen LogP contribution is -2.45. The minimum atomic E-state index is -4.51. The molecule has 3 rings (SSSR count). The van der Waals surface area contributed by atoms with Gasteiger partial charge in [0.15, 0.2) is 0 Å². The number of ether oxygens (including phenoxy) is 1. The van der Waals surface area contributed by atoms with Gasteiger partial charge in [-0.25, -0.2) is 4.79 Å². The van der Waals surface area contributed by atoms with Gasteiger partial charge in [-0.15, -0.1) is 0 Å². The van der Waals surface area contributed by atoms with Gasteiger partial charge in [-0.05, 0) is 36.4 Å². The van der Waals surface area contributed by atoms with Crippen LogP contribution in [0.25, 0.3) is 0 Å². The average molecular weight is 407 g/mol. The summed E-state index contributed by atoms with van der Waals surface area (Å²) >= 11 is 0. The summed E-state index contributed by atoms with van der Waals surface area (Å²) < 4.78 is 45.9. The zero-order chi connectivity index (χ0) is 20.9. The SMILES string of the molecule is CCN1CCN(Cc2ccc(NC(=O)Oc3ccccc3)cc2C(F)(F)F)CC1. The van der Waals surface area contributed by atoms with Gasteiger partial charge in [0.05, 0.1) is 5.56 Å². The lowest BCUT2D eigenvalue weighted by molar-refractivity contribution is -0.138. The maximum Gasteiger partial charge on any atom is 0.417 e. The van der Waals surface area contributed by atoms with Crippen molar-refractivity contribution in [1.29, 1.82) is 0 Å². The third-order valence-corrected chi connectivity index (χ3v) is 4.92. The average Bonchev–Trinajstić information content (AvgIpc) is 2.69. The number of para-hydroxylation sites is 1. The highest BCUT2D eigenvalue weighted by Crippen LogP contribution is 2.34. The highest BCUT2D eigenvalue weighted by Gasteiger charge is 2.34. The molecule has 1 amide bonds. The third-order valence-electron chi connectivity index (χ3n) is 4.92. The lowest BCUT2D eigenvalue weighted by atomic mass is 10.0. The summed E-state index contributed by atoms with van der Waals surface area (Å²) in [6.07, 6.45) is -5.35. The van der Waals surface area contributed by atoms with Crippen molar-refractivity contribution < 1.29 is 22.7 Å². The summed E-state index contributed by atoms with van der Waals surface area (Å²) in [4.78, 5) is 16.3. The number of hydrogen-bond acceptors (Lipinski definition) is 4. The first-order valence-electron chi connectivity index (χ1n) is 9.54. The number of rotatable bonds is 5. The maximum atomic E-state index is 13.6. The second-order valence-corrected chi connectivity index (χ2v) is 6.91. The van der Waals surface area contributed by atoms with E-state index in [-0.39, 0.29) is 17.8 Å². The molecule has 1 fully saturated rings. The number of hydrogen-bond donors (Lipinski definition) is 1. The van der Waals surface area contributed by atoms with Gasteiger partial charge in [-0.1, -0.05) is 31.2 Å². The molecule has 156 valence electrons. The molecule has 0 bridgehead atoms. The minimum absolute atomic E-state index is 0.0396. The molecule has 0 saturated carbocycles. The molecule has 29 heavy (non-hydrogen) atoms. The number of carbonyl (C=O) groups is 1. The van der Waals surface area contributed by atoms with Gasteiger partial charge in [0.25, 0.3) is 0 Å². The van der Waals surface area contributed by atoms with Crippen LogP contribution in [-0.2, 0) is 12.7 Å². The summed E-state index contributed by atoms with van der Waals surface area (Å²) in [5, 5.41) is 2.37. The fourth-order valence-electron chi connectivity index (χ4n) is 3.30. The molecule has 0 aliphatic carbocycles. The smallest absolute Gasteiger partial charge is 0.410 e. The Bertz CT molecular complexity index is 820. The number of alkyl halides is 3. The van der Waals surface area contributed by atoms with Crippen molar-refractivity contribution in [3.8, 4) is 5.75 Å². The number of benzene rings is 2. The van der Waals surface area contributed by atoms with E-state index in [1.54, 1.807) is 30.3 Å². The summed E-state index contributed by atoms with van der Waals surface area (Å²) in [5.41, 5.74) is -0.504. The van der Waals surface area contributed by atoms with Crippen LogP contribution in [-0.4, -0.2) is 48.6 Å². The second-order valence-electron chi connectivity index (χ2n) is 6.91. The number of nitrogens with zero attached hydrogens (tertiary/aromatic N) is 2. The molecule has 1 saturated heterocycles. The number of carbonyl (C=O) groups excluding carboxylic acids is 1. The number of halogens is 3. The van der Waals surface area contributed by atoms with Gasteiger partial charge in [0.1, 0.15) is 5.75 Å². The molecule has 5 nitrogen and oxygen atoms in total. The molecule has 2 aromatic rings. The van der Waals surface area contributed by atoms with Crippen molar-refractivity contribution in [1.82, 2.24) is 9.80 Å². The standard InChI is InChI=1S/C21H24F3N3O2/c1-2-26-10-12-27(13-11-26)15-16-8-9-17(14-19(16)21(22,23)24)25-20(28)29-18-6-4-3-5-7-18/h3-9,14H,2,10-13,15H2,1H3,(H,25,28). The van der Waals surface area contributed by atoms with Crippen LogP contribution in [0.3, 0.4) is 0 Å². The first-order valence-corrected chi connectivity index (χ1v) is 9.54. The van der Waals surface area contributed by atoms with Gasteiger partial charge in [-0.2, -0.15) is 13.2 Å². The Hall–Kier alpha value is -2.58. The van der Waals surface area contributed by atoms with Crippen LogP contribution in [0.15, 0.2) is 48.5 Å². The number of nitrogens with one attached hydrogen (secondary N) is 1. The molecule has 1 aliphatic rings. The Kier molecular flexibility index (Phi) is 6.76. The van der Waals surface area contributed by atoms with E-state index in [4.69, 9.17) is 4.74 Å². The zero-order valence-electron chi connectivity index (χ0n) is 16.2. The fourth-order valence-corrected chi connectivity index (χ4v) is 3.30. The Balaban J connectivity index is 1.70. The third kappa shape index (κ3) is 5.95. The van der Waals surface area contributed by atoms with Gasteiger partial charge in [0, 0.05) is 38.4 Å². The molecule has 1 aliphatic heterocycles.